The molecule has 0 saturated carbocycles. The minimum Gasteiger partial charge on any atom is -0.382 e. The van der Waals surface area contributed by atoms with Crippen LogP contribution in [0.2, 0.25) is 0 Å². The van der Waals surface area contributed by atoms with Crippen molar-refractivity contribution in [3.8, 4) is 0 Å². The van der Waals surface area contributed by atoms with Gasteiger partial charge in [-0.3, -0.25) is 4.90 Å². The van der Waals surface area contributed by atoms with Crippen molar-refractivity contribution in [1.82, 2.24) is 10.2 Å². The van der Waals surface area contributed by atoms with Crippen LogP contribution in [-0.2, 0) is 4.74 Å². The maximum Gasteiger partial charge on any atom is 0.0466 e. The van der Waals surface area contributed by atoms with Crippen LogP contribution in [0.25, 0.3) is 0 Å². The van der Waals surface area contributed by atoms with E-state index >= 15 is 0 Å². The van der Waals surface area contributed by atoms with E-state index in [2.05, 4.69) is 24.1 Å². The van der Waals surface area contributed by atoms with Crippen molar-refractivity contribution in [2.75, 3.05) is 39.4 Å². The minimum absolute atomic E-state index is 0.704. The summed E-state index contributed by atoms with van der Waals surface area (Å²) < 4.78 is 5.32. The third-order valence-electron chi connectivity index (χ3n) is 2.83. The van der Waals surface area contributed by atoms with Crippen molar-refractivity contribution in [2.45, 2.75) is 32.7 Å². The van der Waals surface area contributed by atoms with Crippen molar-refractivity contribution < 1.29 is 4.74 Å². The molecule has 0 spiro atoms. The first kappa shape index (κ1) is 12.0. The first-order valence-electron chi connectivity index (χ1n) is 5.87. The van der Waals surface area contributed by atoms with E-state index in [1.807, 2.05) is 0 Å². The summed E-state index contributed by atoms with van der Waals surface area (Å²) in [5.41, 5.74) is 0. The molecule has 1 N–H and O–H groups in total. The van der Waals surface area contributed by atoms with Crippen molar-refractivity contribution in [3.63, 3.8) is 0 Å². The Kier molecular flexibility index (Phi) is 6.15. The van der Waals surface area contributed by atoms with Gasteiger partial charge in [0.05, 0.1) is 0 Å². The van der Waals surface area contributed by atoms with E-state index in [0.717, 1.165) is 26.3 Å². The maximum absolute atomic E-state index is 5.32. The van der Waals surface area contributed by atoms with Gasteiger partial charge in [-0.25, -0.2) is 0 Å². The summed E-state index contributed by atoms with van der Waals surface area (Å²) in [6, 6.07) is 0.704. The molecular formula is C11H24N2O. The van der Waals surface area contributed by atoms with Gasteiger partial charge in [-0.15, -0.1) is 0 Å². The van der Waals surface area contributed by atoms with Crippen molar-refractivity contribution in [1.29, 1.82) is 0 Å². The van der Waals surface area contributed by atoms with Gasteiger partial charge in [-0.2, -0.15) is 0 Å². The van der Waals surface area contributed by atoms with Gasteiger partial charge < -0.3 is 10.1 Å². The maximum atomic E-state index is 5.32. The molecule has 1 saturated heterocycles. The number of ether oxygens (including phenoxy) is 1. The van der Waals surface area contributed by atoms with Gasteiger partial charge in [0.25, 0.3) is 0 Å². The molecule has 1 atom stereocenters. The average Bonchev–Trinajstić information content (AvgIpc) is 2.20. The first-order chi connectivity index (χ1) is 6.84. The van der Waals surface area contributed by atoms with Gasteiger partial charge in [0.2, 0.25) is 0 Å². The molecule has 0 aromatic carbocycles. The van der Waals surface area contributed by atoms with Gasteiger partial charge in [0.1, 0.15) is 0 Å². The lowest BCUT2D eigenvalue weighted by molar-refractivity contribution is 0.130. The molecule has 3 heteroatoms. The molecule has 3 nitrogen and oxygen atoms in total. The van der Waals surface area contributed by atoms with Crippen molar-refractivity contribution >= 4 is 0 Å². The molecule has 1 fully saturated rings. The Morgan fingerprint density at radius 2 is 2.29 bits per heavy atom. The highest BCUT2D eigenvalue weighted by atomic mass is 16.5. The van der Waals surface area contributed by atoms with Crippen LogP contribution in [-0.4, -0.2) is 50.3 Å². The lowest BCUT2D eigenvalue weighted by atomic mass is 10.2. The summed E-state index contributed by atoms with van der Waals surface area (Å²) in [7, 11) is 0. The fraction of sp³-hybridized carbons (Fsp3) is 1.00. The number of nitrogens with zero attached hydrogens (tertiary/aromatic N) is 1. The van der Waals surface area contributed by atoms with Crippen LogP contribution in [0.4, 0.5) is 0 Å². The van der Waals surface area contributed by atoms with Crippen LogP contribution in [0.1, 0.15) is 26.7 Å². The lowest BCUT2D eigenvalue weighted by Gasteiger charge is -2.33. The second-order valence-electron chi connectivity index (χ2n) is 3.99. The number of unbranched alkanes of at least 4 members (excludes halogenated alkanes) is 1. The molecule has 0 radical (unpaired) electrons. The third-order valence-corrected chi connectivity index (χ3v) is 2.83. The lowest BCUT2D eigenvalue weighted by Crippen LogP contribution is -2.49. The van der Waals surface area contributed by atoms with Crippen molar-refractivity contribution in [2.24, 2.45) is 0 Å². The highest BCUT2D eigenvalue weighted by molar-refractivity contribution is 4.75. The summed E-state index contributed by atoms with van der Waals surface area (Å²) in [5.74, 6) is 0. The second kappa shape index (κ2) is 7.21. The molecule has 1 rings (SSSR count). The Morgan fingerprint density at radius 3 is 3.00 bits per heavy atom. The fourth-order valence-corrected chi connectivity index (χ4v) is 1.88. The summed E-state index contributed by atoms with van der Waals surface area (Å²) in [6.07, 6.45) is 2.47. The zero-order chi connectivity index (χ0) is 10.2. The number of piperazine rings is 1. The molecule has 1 aliphatic heterocycles. The number of nitrogens with one attached hydrogen (secondary N) is 1. The molecule has 0 aliphatic carbocycles. The van der Waals surface area contributed by atoms with E-state index in [0.29, 0.717) is 6.04 Å². The topological polar surface area (TPSA) is 24.5 Å². The van der Waals surface area contributed by atoms with Gasteiger partial charge >= 0.3 is 0 Å². The highest BCUT2D eigenvalue weighted by Gasteiger charge is 2.16. The Bertz CT molecular complexity index is 141. The van der Waals surface area contributed by atoms with Gasteiger partial charge in [0, 0.05) is 38.9 Å². The fourth-order valence-electron chi connectivity index (χ4n) is 1.88. The summed E-state index contributed by atoms with van der Waals surface area (Å²) in [6.45, 7) is 10.9. The zero-order valence-corrected chi connectivity index (χ0v) is 9.59. The second-order valence-corrected chi connectivity index (χ2v) is 3.99. The van der Waals surface area contributed by atoms with Gasteiger partial charge in [0.15, 0.2) is 0 Å². The Morgan fingerprint density at radius 1 is 1.43 bits per heavy atom. The molecule has 0 aromatic heterocycles. The van der Waals surface area contributed by atoms with Crippen LogP contribution >= 0.6 is 0 Å². The van der Waals surface area contributed by atoms with Crippen molar-refractivity contribution in [3.05, 3.63) is 0 Å². The molecule has 0 aromatic rings. The SMILES string of the molecule is CCOCCCCN1CCNC[C@H]1C. The third kappa shape index (κ3) is 4.40. The normalized spacial score (nSPS) is 24.0. The number of hydrogen-bond donors (Lipinski definition) is 1. The van der Waals surface area contributed by atoms with Crippen LogP contribution < -0.4 is 5.32 Å². The van der Waals surface area contributed by atoms with Crippen LogP contribution in [0.15, 0.2) is 0 Å². The first-order valence-corrected chi connectivity index (χ1v) is 5.87. The minimum atomic E-state index is 0.704. The van der Waals surface area contributed by atoms with E-state index < -0.39 is 0 Å². The quantitative estimate of drug-likeness (QED) is 0.650. The Hall–Kier alpha value is -0.120. The standard InChI is InChI=1S/C11H24N2O/c1-3-14-9-5-4-7-13-8-6-12-10-11(13)2/h11-12H,3-10H2,1-2H3/t11-/m1/s1. The van der Waals surface area contributed by atoms with E-state index in [-0.39, 0.29) is 0 Å². The van der Waals surface area contributed by atoms with E-state index in [1.165, 1.54) is 25.9 Å². The molecule has 1 heterocycles. The largest absolute Gasteiger partial charge is 0.382 e. The summed E-state index contributed by atoms with van der Waals surface area (Å²) >= 11 is 0. The zero-order valence-electron chi connectivity index (χ0n) is 9.59. The number of rotatable bonds is 6. The highest BCUT2D eigenvalue weighted by Crippen LogP contribution is 2.04. The number of hydrogen-bond acceptors (Lipinski definition) is 3. The van der Waals surface area contributed by atoms with Crippen LogP contribution in [0, 0.1) is 0 Å². The smallest absolute Gasteiger partial charge is 0.0466 e. The van der Waals surface area contributed by atoms with E-state index in [1.54, 1.807) is 0 Å². The monoisotopic (exact) mass is 200 g/mol. The summed E-state index contributed by atoms with van der Waals surface area (Å²) in [4.78, 5) is 2.57. The average molecular weight is 200 g/mol. The van der Waals surface area contributed by atoms with E-state index in [4.69, 9.17) is 4.74 Å². The van der Waals surface area contributed by atoms with Crippen LogP contribution in [0.3, 0.4) is 0 Å². The molecule has 14 heavy (non-hydrogen) atoms. The van der Waals surface area contributed by atoms with Crippen LogP contribution in [0.5, 0.6) is 0 Å². The van der Waals surface area contributed by atoms with Gasteiger partial charge in [-0.1, -0.05) is 0 Å². The molecule has 0 unspecified atom stereocenters. The predicted molar refractivity (Wildman–Crippen MR) is 59.6 cm³/mol. The van der Waals surface area contributed by atoms with E-state index in [9.17, 15) is 0 Å². The molecule has 0 bridgehead atoms. The Balaban J connectivity index is 1.99. The molecule has 84 valence electrons. The summed E-state index contributed by atoms with van der Waals surface area (Å²) in [5, 5.41) is 3.41. The van der Waals surface area contributed by atoms with Gasteiger partial charge in [-0.05, 0) is 33.2 Å². The predicted octanol–water partition coefficient (Wildman–Crippen LogP) is 1.10. The molecule has 1 aliphatic rings. The Labute approximate surface area is 87.8 Å². The molecular weight excluding hydrogens is 176 g/mol. The molecule has 0 amide bonds.